The van der Waals surface area contributed by atoms with Crippen LogP contribution in [0.4, 0.5) is 13.2 Å². The van der Waals surface area contributed by atoms with Crippen LogP contribution in [0.1, 0.15) is 13.3 Å². The fraction of sp³-hybridized carbons (Fsp3) is 0.250. The van der Waals surface area contributed by atoms with E-state index in [1.807, 2.05) is 0 Å². The molecular formula is C12H13F3O2. The molecular weight excluding hydrogens is 233 g/mol. The smallest absolute Gasteiger partial charge is 0.412 e. The minimum Gasteiger partial charge on any atom is -0.478 e. The molecule has 0 bridgehead atoms. The second kappa shape index (κ2) is 6.73. The maximum absolute atomic E-state index is 12.1. The van der Waals surface area contributed by atoms with Crippen molar-refractivity contribution < 1.29 is 23.1 Å². The van der Waals surface area contributed by atoms with Crippen LogP contribution in [-0.4, -0.2) is 17.3 Å². The van der Waals surface area contributed by atoms with Crippen molar-refractivity contribution in [1.29, 1.82) is 0 Å². The van der Waals surface area contributed by atoms with E-state index >= 15 is 0 Å². The van der Waals surface area contributed by atoms with E-state index in [1.54, 1.807) is 0 Å². The number of alkyl halides is 3. The molecule has 0 unspecified atom stereocenters. The highest BCUT2D eigenvalue weighted by atomic mass is 19.4. The first-order chi connectivity index (χ1) is 7.79. The molecule has 0 aliphatic heterocycles. The average Bonchev–Trinajstić information content (AvgIpc) is 2.20. The van der Waals surface area contributed by atoms with E-state index in [0.717, 1.165) is 13.0 Å². The molecule has 0 heterocycles. The fourth-order valence-electron chi connectivity index (χ4n) is 0.881. The summed E-state index contributed by atoms with van der Waals surface area (Å²) in [6.45, 7) is 4.30. The normalized spacial score (nSPS) is 14.1. The monoisotopic (exact) mass is 246 g/mol. The molecule has 0 aliphatic carbocycles. The Morgan fingerprint density at radius 1 is 1.41 bits per heavy atom. The molecule has 17 heavy (non-hydrogen) atoms. The number of hydrogen-bond donors (Lipinski definition) is 1. The summed E-state index contributed by atoms with van der Waals surface area (Å²) in [5.74, 6) is -1.15. The van der Waals surface area contributed by atoms with Crippen LogP contribution in [0.3, 0.4) is 0 Å². The number of aliphatic carboxylic acids is 1. The van der Waals surface area contributed by atoms with Gasteiger partial charge in [-0.25, -0.2) is 4.79 Å². The first-order valence-corrected chi connectivity index (χ1v) is 4.75. The standard InChI is InChI=1S/C12H13F3O2/c1-3-6-10(11(16)17)8-5-4-7-9(2)12(13,14)15/h3,5-8H,1,4H2,2H3,(H,16,17)/b8-5-,9-7+,10-6+. The van der Waals surface area contributed by atoms with E-state index < -0.39 is 17.7 Å². The molecule has 1 N–H and O–H groups in total. The molecule has 0 spiro atoms. The number of rotatable bonds is 5. The Morgan fingerprint density at radius 3 is 2.41 bits per heavy atom. The number of allylic oxidation sites excluding steroid dienone is 5. The Kier molecular flexibility index (Phi) is 6.02. The minimum atomic E-state index is -4.33. The van der Waals surface area contributed by atoms with Gasteiger partial charge in [-0.2, -0.15) is 13.2 Å². The average molecular weight is 246 g/mol. The first kappa shape index (κ1) is 15.2. The van der Waals surface area contributed by atoms with E-state index in [-0.39, 0.29) is 12.0 Å². The highest BCUT2D eigenvalue weighted by molar-refractivity contribution is 5.90. The van der Waals surface area contributed by atoms with E-state index in [2.05, 4.69) is 6.58 Å². The second-order valence-corrected chi connectivity index (χ2v) is 3.19. The predicted molar refractivity (Wildman–Crippen MR) is 59.5 cm³/mol. The summed E-state index contributed by atoms with van der Waals surface area (Å²) >= 11 is 0. The highest BCUT2D eigenvalue weighted by Crippen LogP contribution is 2.25. The second-order valence-electron chi connectivity index (χ2n) is 3.19. The van der Waals surface area contributed by atoms with Crippen LogP contribution in [0, 0.1) is 0 Å². The number of hydrogen-bond acceptors (Lipinski definition) is 1. The summed E-state index contributed by atoms with van der Waals surface area (Å²) in [5.41, 5.74) is -0.732. The summed E-state index contributed by atoms with van der Waals surface area (Å²) in [6.07, 6.45) is 1.82. The van der Waals surface area contributed by atoms with Crippen molar-refractivity contribution in [1.82, 2.24) is 0 Å². The van der Waals surface area contributed by atoms with Gasteiger partial charge in [0.1, 0.15) is 0 Å². The molecule has 0 amide bonds. The van der Waals surface area contributed by atoms with Crippen molar-refractivity contribution in [3.63, 3.8) is 0 Å². The van der Waals surface area contributed by atoms with Crippen LogP contribution < -0.4 is 0 Å². The van der Waals surface area contributed by atoms with Gasteiger partial charge in [0.15, 0.2) is 0 Å². The Balaban J connectivity index is 4.53. The lowest BCUT2D eigenvalue weighted by molar-refractivity contribution is -0.132. The third kappa shape index (κ3) is 6.40. The Labute approximate surface area is 97.4 Å². The minimum absolute atomic E-state index is 0.0209. The predicted octanol–water partition coefficient (Wildman–Crippen LogP) is 3.64. The van der Waals surface area contributed by atoms with Crippen LogP contribution in [-0.2, 0) is 4.79 Å². The largest absolute Gasteiger partial charge is 0.478 e. The SMILES string of the molecule is C=C/C=C(\C=C/C/C=C(\C)C(F)(F)F)C(=O)O. The van der Waals surface area contributed by atoms with Crippen molar-refractivity contribution in [2.45, 2.75) is 19.5 Å². The van der Waals surface area contributed by atoms with Gasteiger partial charge in [0, 0.05) is 5.57 Å². The molecule has 2 nitrogen and oxygen atoms in total. The highest BCUT2D eigenvalue weighted by Gasteiger charge is 2.29. The van der Waals surface area contributed by atoms with Gasteiger partial charge in [0.2, 0.25) is 0 Å². The van der Waals surface area contributed by atoms with Gasteiger partial charge >= 0.3 is 12.1 Å². The third-order valence-electron chi connectivity index (χ3n) is 1.85. The molecule has 0 radical (unpaired) electrons. The molecule has 0 rings (SSSR count). The quantitative estimate of drug-likeness (QED) is 0.457. The molecule has 0 aromatic carbocycles. The van der Waals surface area contributed by atoms with Gasteiger partial charge in [-0.05, 0) is 19.4 Å². The lowest BCUT2D eigenvalue weighted by Gasteiger charge is -2.04. The number of carboxylic acid groups (broad SMARTS) is 1. The molecule has 0 fully saturated rings. The molecule has 0 aliphatic rings. The molecule has 5 heteroatoms. The van der Waals surface area contributed by atoms with Gasteiger partial charge in [-0.3, -0.25) is 0 Å². The fourth-order valence-corrected chi connectivity index (χ4v) is 0.881. The Bertz CT molecular complexity index is 374. The summed E-state index contributed by atoms with van der Waals surface area (Å²) in [4.78, 5) is 10.6. The molecule has 0 atom stereocenters. The number of carbonyl (C=O) groups is 1. The van der Waals surface area contributed by atoms with E-state index in [4.69, 9.17) is 5.11 Å². The molecule has 94 valence electrons. The van der Waals surface area contributed by atoms with Gasteiger partial charge in [0.25, 0.3) is 0 Å². The molecule has 0 saturated carbocycles. The number of halogens is 3. The summed E-state index contributed by atoms with van der Waals surface area (Å²) < 4.78 is 36.2. The summed E-state index contributed by atoms with van der Waals surface area (Å²) in [7, 11) is 0. The maximum atomic E-state index is 12.1. The zero-order chi connectivity index (χ0) is 13.5. The van der Waals surface area contributed by atoms with Crippen molar-refractivity contribution in [3.8, 4) is 0 Å². The van der Waals surface area contributed by atoms with E-state index in [9.17, 15) is 18.0 Å². The first-order valence-electron chi connectivity index (χ1n) is 4.75. The lowest BCUT2D eigenvalue weighted by atomic mass is 10.2. The number of carboxylic acids is 1. The van der Waals surface area contributed by atoms with Crippen LogP contribution in [0.2, 0.25) is 0 Å². The van der Waals surface area contributed by atoms with Gasteiger partial charge < -0.3 is 5.11 Å². The summed E-state index contributed by atoms with van der Waals surface area (Å²) in [5, 5.41) is 8.68. The van der Waals surface area contributed by atoms with Crippen LogP contribution in [0.25, 0.3) is 0 Å². The van der Waals surface area contributed by atoms with E-state index in [0.29, 0.717) is 0 Å². The van der Waals surface area contributed by atoms with Crippen molar-refractivity contribution in [3.05, 3.63) is 48.1 Å². The molecule has 0 aromatic rings. The van der Waals surface area contributed by atoms with Gasteiger partial charge in [-0.15, -0.1) is 0 Å². The van der Waals surface area contributed by atoms with Crippen LogP contribution >= 0.6 is 0 Å². The van der Waals surface area contributed by atoms with Crippen molar-refractivity contribution in [2.75, 3.05) is 0 Å². The van der Waals surface area contributed by atoms with Crippen molar-refractivity contribution >= 4 is 5.97 Å². The van der Waals surface area contributed by atoms with Crippen LogP contribution in [0.15, 0.2) is 48.1 Å². The van der Waals surface area contributed by atoms with Gasteiger partial charge in [0.05, 0.1) is 5.57 Å². The third-order valence-corrected chi connectivity index (χ3v) is 1.85. The van der Waals surface area contributed by atoms with Gasteiger partial charge in [-0.1, -0.05) is 30.9 Å². The zero-order valence-corrected chi connectivity index (χ0v) is 9.29. The van der Waals surface area contributed by atoms with Crippen LogP contribution in [0.5, 0.6) is 0 Å². The van der Waals surface area contributed by atoms with E-state index in [1.165, 1.54) is 24.3 Å². The maximum Gasteiger partial charge on any atom is 0.412 e. The zero-order valence-electron chi connectivity index (χ0n) is 9.29. The summed E-state index contributed by atoms with van der Waals surface area (Å²) in [6, 6.07) is 0. The Hall–Kier alpha value is -1.78. The molecule has 0 aromatic heterocycles. The molecule has 0 saturated heterocycles. The van der Waals surface area contributed by atoms with Crippen molar-refractivity contribution in [2.24, 2.45) is 0 Å². The Morgan fingerprint density at radius 2 is 2.00 bits per heavy atom. The lowest BCUT2D eigenvalue weighted by Crippen LogP contribution is -2.08. The topological polar surface area (TPSA) is 37.3 Å².